The zero-order chi connectivity index (χ0) is 23.9. The van der Waals surface area contributed by atoms with Gasteiger partial charge in [0.05, 0.1) is 22.5 Å². The van der Waals surface area contributed by atoms with Gasteiger partial charge in [-0.2, -0.15) is 3.97 Å². The average Bonchev–Trinajstić information content (AvgIpc) is 3.17. The summed E-state index contributed by atoms with van der Waals surface area (Å²) < 4.78 is 29.3. The number of imidazole rings is 1. The van der Waals surface area contributed by atoms with Crippen molar-refractivity contribution in [2.45, 2.75) is 24.2 Å². The van der Waals surface area contributed by atoms with Gasteiger partial charge in [-0.25, -0.2) is 17.8 Å². The van der Waals surface area contributed by atoms with E-state index in [4.69, 9.17) is 0 Å². The van der Waals surface area contributed by atoms with Gasteiger partial charge in [0.15, 0.2) is 0 Å². The summed E-state index contributed by atoms with van der Waals surface area (Å²) in [6, 6.07) is 23.8. The smallest absolute Gasteiger partial charge is 0.273 e. The van der Waals surface area contributed by atoms with E-state index in [0.717, 1.165) is 10.1 Å². The van der Waals surface area contributed by atoms with Crippen LogP contribution in [-0.4, -0.2) is 27.8 Å². The Labute approximate surface area is 196 Å². The normalized spacial score (nSPS) is 12.7. The molecule has 2 aromatic heterocycles. The number of carbonyl (C=O) groups excluding carboxylic acids is 1. The standard InChI is InChI=1S/C26H21N3O4S/c1-2-20(18-10-4-3-5-11-18)25(30)28-21-14-6-7-15-22(21)29(26(28)31)34(32,33)23-16-8-12-19-13-9-17-27-24(19)23/h3-17,20H,2H2,1H3. The molecule has 170 valence electrons. The summed E-state index contributed by atoms with van der Waals surface area (Å²) in [6.07, 6.45) is 1.96. The maximum Gasteiger partial charge on any atom is 0.350 e. The molecule has 1 atom stereocenters. The Morgan fingerprint density at radius 1 is 0.882 bits per heavy atom. The van der Waals surface area contributed by atoms with Crippen LogP contribution in [0.5, 0.6) is 0 Å². The molecule has 0 saturated carbocycles. The van der Waals surface area contributed by atoms with Crippen molar-refractivity contribution in [3.63, 3.8) is 0 Å². The number of nitrogens with zero attached hydrogens (tertiary/aromatic N) is 3. The predicted octanol–water partition coefficient (Wildman–Crippen LogP) is 4.42. The molecule has 0 aliphatic rings. The second-order valence-corrected chi connectivity index (χ2v) is 9.67. The largest absolute Gasteiger partial charge is 0.350 e. The van der Waals surface area contributed by atoms with Gasteiger partial charge < -0.3 is 0 Å². The molecule has 0 spiro atoms. The summed E-state index contributed by atoms with van der Waals surface area (Å²) in [4.78, 5) is 31.4. The van der Waals surface area contributed by atoms with Crippen molar-refractivity contribution in [1.82, 2.24) is 13.5 Å². The van der Waals surface area contributed by atoms with Crippen LogP contribution in [0.1, 0.15) is 29.6 Å². The first-order valence-corrected chi connectivity index (χ1v) is 12.3. The average molecular weight is 472 g/mol. The fourth-order valence-corrected chi connectivity index (χ4v) is 5.91. The van der Waals surface area contributed by atoms with Crippen molar-refractivity contribution in [2.75, 3.05) is 0 Å². The van der Waals surface area contributed by atoms with Gasteiger partial charge in [-0.1, -0.05) is 67.6 Å². The zero-order valence-corrected chi connectivity index (χ0v) is 19.1. The summed E-state index contributed by atoms with van der Waals surface area (Å²) >= 11 is 0. The van der Waals surface area contributed by atoms with Gasteiger partial charge in [0.25, 0.3) is 10.0 Å². The van der Waals surface area contributed by atoms with E-state index in [1.807, 2.05) is 37.3 Å². The van der Waals surface area contributed by atoms with Crippen LogP contribution in [0.25, 0.3) is 21.9 Å². The SMILES string of the molecule is CCC(C(=O)n1c(=O)n(S(=O)(=O)c2cccc3cccnc23)c2ccccc21)c1ccccc1. The third kappa shape index (κ3) is 3.34. The summed E-state index contributed by atoms with van der Waals surface area (Å²) in [5.74, 6) is -1.07. The Bertz CT molecular complexity index is 1700. The second-order valence-electron chi connectivity index (χ2n) is 7.92. The van der Waals surface area contributed by atoms with Crippen molar-refractivity contribution in [1.29, 1.82) is 0 Å². The molecule has 0 radical (unpaired) electrons. The molecule has 5 rings (SSSR count). The van der Waals surface area contributed by atoms with Gasteiger partial charge in [-0.05, 0) is 36.2 Å². The third-order valence-electron chi connectivity index (χ3n) is 5.95. The van der Waals surface area contributed by atoms with E-state index in [-0.39, 0.29) is 21.4 Å². The molecule has 0 N–H and O–H groups in total. The topological polar surface area (TPSA) is 91.0 Å². The molecule has 7 nitrogen and oxygen atoms in total. The highest BCUT2D eigenvalue weighted by molar-refractivity contribution is 7.90. The van der Waals surface area contributed by atoms with Crippen LogP contribution in [-0.2, 0) is 10.0 Å². The first-order chi connectivity index (χ1) is 16.4. The molecule has 34 heavy (non-hydrogen) atoms. The van der Waals surface area contributed by atoms with E-state index in [1.54, 1.807) is 42.5 Å². The van der Waals surface area contributed by atoms with Gasteiger partial charge in [0, 0.05) is 11.6 Å². The molecular weight excluding hydrogens is 450 g/mol. The summed E-state index contributed by atoms with van der Waals surface area (Å²) in [7, 11) is -4.36. The lowest BCUT2D eigenvalue weighted by atomic mass is 9.95. The number of fused-ring (bicyclic) bond motifs is 2. The predicted molar refractivity (Wildman–Crippen MR) is 131 cm³/mol. The molecule has 5 aromatic rings. The molecular formula is C26H21N3O4S. The summed E-state index contributed by atoms with van der Waals surface area (Å²) in [5, 5.41) is 0.631. The minimum Gasteiger partial charge on any atom is -0.273 e. The fraction of sp³-hybridized carbons (Fsp3) is 0.115. The van der Waals surface area contributed by atoms with Gasteiger partial charge in [0.2, 0.25) is 5.91 Å². The lowest BCUT2D eigenvalue weighted by Gasteiger charge is -2.14. The van der Waals surface area contributed by atoms with E-state index in [2.05, 4.69) is 4.98 Å². The highest BCUT2D eigenvalue weighted by Gasteiger charge is 2.31. The van der Waals surface area contributed by atoms with Crippen LogP contribution in [0, 0.1) is 0 Å². The summed E-state index contributed by atoms with van der Waals surface area (Å²) in [6.45, 7) is 1.86. The minimum absolute atomic E-state index is 0.0989. The molecule has 0 aliphatic carbocycles. The van der Waals surface area contributed by atoms with E-state index >= 15 is 0 Å². The number of rotatable bonds is 5. The van der Waals surface area contributed by atoms with Gasteiger partial charge >= 0.3 is 5.69 Å². The van der Waals surface area contributed by atoms with Crippen LogP contribution in [0.15, 0.2) is 101 Å². The molecule has 0 saturated heterocycles. The molecule has 3 aromatic carbocycles. The molecule has 1 unspecified atom stereocenters. The van der Waals surface area contributed by atoms with E-state index < -0.39 is 27.5 Å². The van der Waals surface area contributed by atoms with Gasteiger partial charge in [-0.3, -0.25) is 9.78 Å². The number of pyridine rings is 1. The Hall–Kier alpha value is -4.04. The first-order valence-electron chi connectivity index (χ1n) is 10.9. The highest BCUT2D eigenvalue weighted by atomic mass is 32.2. The lowest BCUT2D eigenvalue weighted by molar-refractivity contribution is 0.0876. The summed E-state index contributed by atoms with van der Waals surface area (Å²) in [5.41, 5.74) is 0.476. The van der Waals surface area contributed by atoms with Crippen molar-refractivity contribution in [3.8, 4) is 0 Å². The number of benzene rings is 3. The molecule has 2 heterocycles. The Morgan fingerprint density at radius 3 is 2.29 bits per heavy atom. The first kappa shape index (κ1) is 21.8. The molecule has 0 fully saturated rings. The van der Waals surface area contributed by atoms with Crippen LogP contribution in [0.2, 0.25) is 0 Å². The van der Waals surface area contributed by atoms with E-state index in [0.29, 0.717) is 15.8 Å². The van der Waals surface area contributed by atoms with Gasteiger partial charge in [0.1, 0.15) is 4.90 Å². The van der Waals surface area contributed by atoms with E-state index in [9.17, 15) is 18.0 Å². The fourth-order valence-electron chi connectivity index (χ4n) is 4.34. The monoisotopic (exact) mass is 471 g/mol. The number of hydrogen-bond acceptors (Lipinski definition) is 5. The zero-order valence-electron chi connectivity index (χ0n) is 18.3. The van der Waals surface area contributed by atoms with E-state index in [1.165, 1.54) is 18.3 Å². The van der Waals surface area contributed by atoms with Crippen LogP contribution >= 0.6 is 0 Å². The quantitative estimate of drug-likeness (QED) is 0.378. The maximum absolute atomic E-state index is 13.8. The van der Waals surface area contributed by atoms with Crippen LogP contribution < -0.4 is 5.69 Å². The molecule has 0 aliphatic heterocycles. The molecule has 8 heteroatoms. The minimum atomic E-state index is -4.36. The highest BCUT2D eigenvalue weighted by Crippen LogP contribution is 2.27. The Morgan fingerprint density at radius 2 is 1.56 bits per heavy atom. The van der Waals surface area contributed by atoms with Crippen LogP contribution in [0.4, 0.5) is 0 Å². The molecule has 0 amide bonds. The van der Waals surface area contributed by atoms with Crippen molar-refractivity contribution >= 4 is 37.9 Å². The Kier molecular flexibility index (Phi) is 5.37. The number of carbonyl (C=O) groups is 1. The van der Waals surface area contributed by atoms with Gasteiger partial charge in [-0.15, -0.1) is 0 Å². The third-order valence-corrected chi connectivity index (χ3v) is 7.67. The Balaban J connectivity index is 1.77. The van der Waals surface area contributed by atoms with Crippen molar-refractivity contribution in [2.24, 2.45) is 0 Å². The molecule has 0 bridgehead atoms. The van der Waals surface area contributed by atoms with Crippen LogP contribution in [0.3, 0.4) is 0 Å². The maximum atomic E-state index is 13.8. The number of aromatic nitrogens is 3. The number of para-hydroxylation sites is 3. The lowest BCUT2D eigenvalue weighted by Crippen LogP contribution is -2.34. The van der Waals surface area contributed by atoms with Crippen molar-refractivity contribution in [3.05, 3.63) is 107 Å². The number of hydrogen-bond donors (Lipinski definition) is 0. The van der Waals surface area contributed by atoms with Crippen molar-refractivity contribution < 1.29 is 13.2 Å². The second kappa shape index (κ2) is 8.39.